The molecule has 0 unspecified atom stereocenters. The molecule has 3 aromatic rings. The summed E-state index contributed by atoms with van der Waals surface area (Å²) in [7, 11) is -4.82. The number of benzene rings is 3. The number of nitrogens with zero attached hydrogens (tertiary/aromatic N) is 1. The van der Waals surface area contributed by atoms with E-state index in [2.05, 4.69) is 19.9 Å². The number of hydrogen-bond donors (Lipinski definition) is 1. The Hall–Kier alpha value is -2.16. The third kappa shape index (κ3) is 4.49. The zero-order valence-corrected chi connectivity index (χ0v) is 18.9. The summed E-state index contributed by atoms with van der Waals surface area (Å²) < 4.78 is 72.5. The van der Waals surface area contributed by atoms with E-state index in [0.29, 0.717) is 9.87 Å². The quantitative estimate of drug-likeness (QED) is 0.362. The second kappa shape index (κ2) is 8.01. The van der Waals surface area contributed by atoms with E-state index >= 15 is 0 Å². The van der Waals surface area contributed by atoms with Crippen molar-refractivity contribution in [1.82, 2.24) is 4.31 Å². The predicted molar refractivity (Wildman–Crippen MR) is 120 cm³/mol. The highest BCUT2D eigenvalue weighted by Crippen LogP contribution is 2.43. The van der Waals surface area contributed by atoms with Crippen LogP contribution in [0.25, 0.3) is 21.5 Å². The van der Waals surface area contributed by atoms with E-state index in [1.54, 1.807) is 0 Å². The molecule has 0 atom stereocenters. The normalized spacial score (nSPS) is 16.6. The zero-order chi connectivity index (χ0) is 23.3. The molecule has 172 valence electrons. The molecule has 0 saturated carbocycles. The molecule has 0 fully saturated rings. The fourth-order valence-electron chi connectivity index (χ4n) is 4.94. The van der Waals surface area contributed by atoms with Gasteiger partial charge < -0.3 is 0 Å². The summed E-state index contributed by atoms with van der Waals surface area (Å²) in [6, 6.07) is 13.7. The lowest BCUT2D eigenvalue weighted by Gasteiger charge is -2.34. The SMILES string of the molecule is CC1(C)CCCc2c1ccc1c2c(CN(CCC(F)(F)F)S(=O)(=O)O)cc2ccccc21. The van der Waals surface area contributed by atoms with E-state index in [1.165, 1.54) is 5.56 Å². The van der Waals surface area contributed by atoms with Gasteiger partial charge in [0.05, 0.1) is 6.42 Å². The maximum absolute atomic E-state index is 12.8. The Morgan fingerprint density at radius 3 is 2.50 bits per heavy atom. The van der Waals surface area contributed by atoms with Gasteiger partial charge in [0.15, 0.2) is 0 Å². The Morgan fingerprint density at radius 1 is 1.09 bits per heavy atom. The number of fused-ring (bicyclic) bond motifs is 5. The molecule has 8 heteroatoms. The first kappa shape index (κ1) is 23.0. The molecular weight excluding hydrogens is 439 g/mol. The third-order valence-electron chi connectivity index (χ3n) is 6.49. The van der Waals surface area contributed by atoms with E-state index in [4.69, 9.17) is 0 Å². The first-order valence-electron chi connectivity index (χ1n) is 10.6. The first-order chi connectivity index (χ1) is 14.9. The van der Waals surface area contributed by atoms with Crippen molar-refractivity contribution >= 4 is 31.8 Å². The molecule has 4 nitrogen and oxygen atoms in total. The van der Waals surface area contributed by atoms with Gasteiger partial charge in [0.25, 0.3) is 0 Å². The van der Waals surface area contributed by atoms with Gasteiger partial charge in [0, 0.05) is 13.1 Å². The molecule has 4 rings (SSSR count). The van der Waals surface area contributed by atoms with Crippen LogP contribution in [0, 0.1) is 0 Å². The second-order valence-corrected chi connectivity index (χ2v) is 10.6. The lowest BCUT2D eigenvalue weighted by molar-refractivity contribution is -0.136. The van der Waals surface area contributed by atoms with Gasteiger partial charge >= 0.3 is 16.5 Å². The minimum Gasteiger partial charge on any atom is -0.273 e. The Labute approximate surface area is 185 Å². The van der Waals surface area contributed by atoms with Crippen LogP contribution >= 0.6 is 0 Å². The molecule has 1 aliphatic rings. The molecule has 0 radical (unpaired) electrons. The van der Waals surface area contributed by atoms with Gasteiger partial charge in [-0.2, -0.15) is 25.9 Å². The minimum atomic E-state index is -4.82. The van der Waals surface area contributed by atoms with Crippen molar-refractivity contribution in [3.8, 4) is 0 Å². The molecule has 0 spiro atoms. The summed E-state index contributed by atoms with van der Waals surface area (Å²) in [4.78, 5) is 0. The van der Waals surface area contributed by atoms with Crippen LogP contribution in [-0.4, -0.2) is 30.0 Å². The molecule has 0 amide bonds. The molecule has 32 heavy (non-hydrogen) atoms. The van der Waals surface area contributed by atoms with Gasteiger partial charge in [-0.15, -0.1) is 0 Å². The fourth-order valence-corrected chi connectivity index (χ4v) is 5.57. The van der Waals surface area contributed by atoms with Crippen LogP contribution in [0.5, 0.6) is 0 Å². The van der Waals surface area contributed by atoms with E-state index in [0.717, 1.165) is 46.4 Å². The van der Waals surface area contributed by atoms with Crippen LogP contribution in [0.3, 0.4) is 0 Å². The molecular formula is C24H26F3NO3S. The summed E-state index contributed by atoms with van der Waals surface area (Å²) in [5.74, 6) is 0. The largest absolute Gasteiger partial charge is 0.390 e. The Kier molecular flexibility index (Phi) is 5.76. The van der Waals surface area contributed by atoms with Crippen molar-refractivity contribution in [2.75, 3.05) is 6.54 Å². The number of halogens is 3. The standard InChI is InChI=1S/C24H26F3NO3S/c1-23(2)11-5-8-20-21(23)10-9-19-18-7-4-3-6-16(18)14-17(22(19)20)15-28(32(29,30)31)13-12-24(25,26)27/h3-4,6-7,9-10,14H,5,8,11-13,15H2,1-2H3,(H,29,30,31). The van der Waals surface area contributed by atoms with Crippen molar-refractivity contribution in [2.45, 2.75) is 57.7 Å². The summed E-state index contributed by atoms with van der Waals surface area (Å²) in [5.41, 5.74) is 2.85. The van der Waals surface area contributed by atoms with E-state index in [-0.39, 0.29) is 12.0 Å². The van der Waals surface area contributed by atoms with Gasteiger partial charge in [-0.05, 0) is 69.0 Å². The number of alkyl halides is 3. The average Bonchev–Trinajstić information content (AvgIpc) is 2.68. The Morgan fingerprint density at radius 2 is 1.81 bits per heavy atom. The summed E-state index contributed by atoms with van der Waals surface area (Å²) >= 11 is 0. The molecule has 1 aliphatic carbocycles. The van der Waals surface area contributed by atoms with E-state index in [9.17, 15) is 26.1 Å². The minimum absolute atomic E-state index is 0.0519. The molecule has 0 aromatic heterocycles. The molecule has 1 N–H and O–H groups in total. The smallest absolute Gasteiger partial charge is 0.273 e. The van der Waals surface area contributed by atoms with E-state index in [1.807, 2.05) is 36.4 Å². The number of rotatable bonds is 5. The van der Waals surface area contributed by atoms with Crippen LogP contribution < -0.4 is 0 Å². The fraction of sp³-hybridized carbons (Fsp3) is 0.417. The van der Waals surface area contributed by atoms with Crippen LogP contribution in [0.1, 0.15) is 49.8 Å². The highest BCUT2D eigenvalue weighted by atomic mass is 32.2. The van der Waals surface area contributed by atoms with Crippen LogP contribution in [0.15, 0.2) is 42.5 Å². The summed E-state index contributed by atoms with van der Waals surface area (Å²) in [5, 5.41) is 3.71. The van der Waals surface area contributed by atoms with Crippen LogP contribution in [0.4, 0.5) is 13.2 Å². The van der Waals surface area contributed by atoms with Gasteiger partial charge in [-0.3, -0.25) is 4.55 Å². The lowest BCUT2D eigenvalue weighted by Crippen LogP contribution is -2.33. The second-order valence-electron chi connectivity index (χ2n) is 9.19. The number of aryl methyl sites for hydroxylation is 1. The molecule has 0 aliphatic heterocycles. The maximum Gasteiger partial charge on any atom is 0.390 e. The van der Waals surface area contributed by atoms with Crippen LogP contribution in [-0.2, 0) is 28.7 Å². The van der Waals surface area contributed by atoms with Crippen molar-refractivity contribution in [3.63, 3.8) is 0 Å². The molecule has 3 aromatic carbocycles. The van der Waals surface area contributed by atoms with Crippen LogP contribution in [0.2, 0.25) is 0 Å². The highest BCUT2D eigenvalue weighted by Gasteiger charge is 2.32. The van der Waals surface area contributed by atoms with E-state index < -0.39 is 29.4 Å². The third-order valence-corrected chi connectivity index (χ3v) is 7.45. The van der Waals surface area contributed by atoms with Gasteiger partial charge in [0.2, 0.25) is 0 Å². The Bertz CT molecular complexity index is 1280. The van der Waals surface area contributed by atoms with Crippen molar-refractivity contribution in [2.24, 2.45) is 0 Å². The first-order valence-corrected chi connectivity index (χ1v) is 12.0. The van der Waals surface area contributed by atoms with Crippen molar-refractivity contribution in [1.29, 1.82) is 0 Å². The molecule has 0 saturated heterocycles. The zero-order valence-electron chi connectivity index (χ0n) is 18.0. The predicted octanol–water partition coefficient (Wildman–Crippen LogP) is 6.16. The lowest BCUT2D eigenvalue weighted by atomic mass is 9.71. The number of hydrogen-bond acceptors (Lipinski definition) is 2. The monoisotopic (exact) mass is 465 g/mol. The summed E-state index contributed by atoms with van der Waals surface area (Å²) in [6.07, 6.45) is -3.05. The topological polar surface area (TPSA) is 57.6 Å². The maximum atomic E-state index is 12.8. The Balaban J connectivity index is 1.94. The summed E-state index contributed by atoms with van der Waals surface area (Å²) in [6.45, 7) is 3.18. The average molecular weight is 466 g/mol. The van der Waals surface area contributed by atoms with Crippen molar-refractivity contribution in [3.05, 3.63) is 59.2 Å². The van der Waals surface area contributed by atoms with Gasteiger partial charge in [-0.1, -0.05) is 50.2 Å². The molecule has 0 heterocycles. The van der Waals surface area contributed by atoms with Crippen molar-refractivity contribution < 1.29 is 26.1 Å². The van der Waals surface area contributed by atoms with Gasteiger partial charge in [0.1, 0.15) is 0 Å². The van der Waals surface area contributed by atoms with Gasteiger partial charge in [-0.25, -0.2) is 0 Å². The molecule has 0 bridgehead atoms. The highest BCUT2D eigenvalue weighted by molar-refractivity contribution is 7.83.